The molecule has 0 aliphatic rings. The molecule has 1 aromatic carbocycles. The van der Waals surface area contributed by atoms with E-state index >= 15 is 0 Å². The fraction of sp³-hybridized carbons (Fsp3) is 0.429. The number of methoxy groups -OCH3 is 1. The Labute approximate surface area is 116 Å². The van der Waals surface area contributed by atoms with Crippen molar-refractivity contribution in [2.24, 2.45) is 5.92 Å². The Morgan fingerprint density at radius 3 is 2.20 bits per heavy atom. The molecule has 1 N–H and O–H groups in total. The Morgan fingerprint density at radius 1 is 1.20 bits per heavy atom. The van der Waals surface area contributed by atoms with Gasteiger partial charge in [-0.1, -0.05) is 13.8 Å². The molecule has 6 heteroatoms. The summed E-state index contributed by atoms with van der Waals surface area (Å²) in [5, 5.41) is 2.42. The summed E-state index contributed by atoms with van der Waals surface area (Å²) in [5.74, 6) is -2.88. The second-order valence-corrected chi connectivity index (χ2v) is 4.84. The van der Waals surface area contributed by atoms with Gasteiger partial charge in [0.1, 0.15) is 17.7 Å². The Balaban J connectivity index is 2.87. The first-order valence-corrected chi connectivity index (χ1v) is 6.18. The van der Waals surface area contributed by atoms with Gasteiger partial charge in [0.05, 0.1) is 7.11 Å². The van der Waals surface area contributed by atoms with Crippen LogP contribution in [-0.4, -0.2) is 25.0 Å². The van der Waals surface area contributed by atoms with Gasteiger partial charge in [-0.25, -0.2) is 13.6 Å². The molecule has 0 fully saturated rings. The van der Waals surface area contributed by atoms with Crippen molar-refractivity contribution in [3.63, 3.8) is 0 Å². The van der Waals surface area contributed by atoms with E-state index in [2.05, 4.69) is 10.1 Å². The second kappa shape index (κ2) is 6.98. The van der Waals surface area contributed by atoms with Crippen LogP contribution < -0.4 is 5.32 Å². The summed E-state index contributed by atoms with van der Waals surface area (Å²) in [7, 11) is 1.21. The molecule has 0 saturated carbocycles. The number of hydrogen-bond acceptors (Lipinski definition) is 3. The molecule has 110 valence electrons. The first kappa shape index (κ1) is 16.1. The average Bonchev–Trinajstić information content (AvgIpc) is 2.35. The van der Waals surface area contributed by atoms with Gasteiger partial charge < -0.3 is 10.1 Å². The van der Waals surface area contributed by atoms with Crippen molar-refractivity contribution in [3.05, 3.63) is 35.4 Å². The fourth-order valence-corrected chi connectivity index (χ4v) is 1.75. The zero-order chi connectivity index (χ0) is 15.3. The van der Waals surface area contributed by atoms with Crippen molar-refractivity contribution >= 4 is 11.9 Å². The van der Waals surface area contributed by atoms with Crippen molar-refractivity contribution in [3.8, 4) is 0 Å². The molecule has 0 aromatic heterocycles. The third-order valence-corrected chi connectivity index (χ3v) is 2.62. The van der Waals surface area contributed by atoms with Crippen LogP contribution in [0.2, 0.25) is 0 Å². The van der Waals surface area contributed by atoms with Gasteiger partial charge in [-0.2, -0.15) is 0 Å². The number of ether oxygens (including phenoxy) is 1. The largest absolute Gasteiger partial charge is 0.467 e. The van der Waals surface area contributed by atoms with Gasteiger partial charge in [0.25, 0.3) is 5.91 Å². The number of rotatable bonds is 5. The second-order valence-electron chi connectivity index (χ2n) is 4.84. The van der Waals surface area contributed by atoms with Crippen LogP contribution in [0, 0.1) is 17.6 Å². The minimum atomic E-state index is -0.853. The molecule has 20 heavy (non-hydrogen) atoms. The molecule has 0 unspecified atom stereocenters. The Hall–Kier alpha value is -1.98. The van der Waals surface area contributed by atoms with E-state index in [0.29, 0.717) is 12.5 Å². The number of hydrogen-bond donors (Lipinski definition) is 1. The maximum Gasteiger partial charge on any atom is 0.328 e. The van der Waals surface area contributed by atoms with E-state index in [1.807, 2.05) is 13.8 Å². The van der Waals surface area contributed by atoms with Crippen molar-refractivity contribution in [2.75, 3.05) is 7.11 Å². The predicted molar refractivity (Wildman–Crippen MR) is 69.1 cm³/mol. The highest BCUT2D eigenvalue weighted by molar-refractivity contribution is 5.96. The van der Waals surface area contributed by atoms with Crippen LogP contribution in [0.3, 0.4) is 0 Å². The summed E-state index contributed by atoms with van der Waals surface area (Å²) in [6.45, 7) is 3.76. The Bertz CT molecular complexity index is 483. The molecule has 0 bridgehead atoms. The summed E-state index contributed by atoms with van der Waals surface area (Å²) >= 11 is 0. The smallest absolute Gasteiger partial charge is 0.328 e. The van der Waals surface area contributed by atoms with Crippen LogP contribution in [0.15, 0.2) is 18.2 Å². The molecule has 4 nitrogen and oxygen atoms in total. The highest BCUT2D eigenvalue weighted by Crippen LogP contribution is 2.10. The summed E-state index contributed by atoms with van der Waals surface area (Å²) in [4.78, 5) is 23.5. The van der Waals surface area contributed by atoms with Crippen LogP contribution >= 0.6 is 0 Å². The molecule has 0 saturated heterocycles. The number of carbonyl (C=O) groups is 2. The maximum atomic E-state index is 13.0. The third kappa shape index (κ3) is 4.60. The first-order valence-electron chi connectivity index (χ1n) is 6.18. The number of carbonyl (C=O) groups excluding carboxylic acids is 2. The number of esters is 1. The normalized spacial score (nSPS) is 12.1. The fourth-order valence-electron chi connectivity index (χ4n) is 1.75. The van der Waals surface area contributed by atoms with Crippen LogP contribution in [0.1, 0.15) is 30.6 Å². The number of nitrogens with one attached hydrogen (secondary N) is 1. The quantitative estimate of drug-likeness (QED) is 0.844. The van der Waals surface area contributed by atoms with Gasteiger partial charge in [-0.05, 0) is 24.5 Å². The molecule has 0 heterocycles. The molecule has 0 aliphatic carbocycles. The lowest BCUT2D eigenvalue weighted by molar-refractivity contribution is -0.143. The summed E-state index contributed by atoms with van der Waals surface area (Å²) in [6.07, 6.45) is 0.371. The van der Waals surface area contributed by atoms with E-state index in [9.17, 15) is 18.4 Å². The van der Waals surface area contributed by atoms with E-state index < -0.39 is 29.6 Å². The highest BCUT2D eigenvalue weighted by Gasteiger charge is 2.23. The number of benzene rings is 1. The Kier molecular flexibility index (Phi) is 5.61. The summed E-state index contributed by atoms with van der Waals surface area (Å²) in [6, 6.07) is 1.63. The van der Waals surface area contributed by atoms with Crippen molar-refractivity contribution in [1.29, 1.82) is 0 Å². The standard InChI is InChI=1S/C14H17F2NO3/c1-8(2)4-12(14(19)20-3)17-13(18)9-5-10(15)7-11(16)6-9/h5-8,12H,4H2,1-3H3,(H,17,18)/t12-/m1/s1. The third-order valence-electron chi connectivity index (χ3n) is 2.62. The van der Waals surface area contributed by atoms with E-state index in [1.54, 1.807) is 0 Å². The lowest BCUT2D eigenvalue weighted by Gasteiger charge is -2.18. The van der Waals surface area contributed by atoms with Crippen LogP contribution in [-0.2, 0) is 9.53 Å². The summed E-state index contributed by atoms with van der Waals surface area (Å²) in [5.41, 5.74) is -0.180. The molecule has 0 spiro atoms. The van der Waals surface area contributed by atoms with Crippen LogP contribution in [0.25, 0.3) is 0 Å². The lowest BCUT2D eigenvalue weighted by Crippen LogP contribution is -2.42. The predicted octanol–water partition coefficient (Wildman–Crippen LogP) is 2.28. The molecule has 1 rings (SSSR count). The number of halogens is 2. The van der Waals surface area contributed by atoms with Crippen molar-refractivity contribution < 1.29 is 23.1 Å². The lowest BCUT2D eigenvalue weighted by atomic mass is 10.0. The molecule has 0 aliphatic heterocycles. The highest BCUT2D eigenvalue weighted by atomic mass is 19.1. The minimum Gasteiger partial charge on any atom is -0.467 e. The van der Waals surface area contributed by atoms with Gasteiger partial charge in [0, 0.05) is 11.6 Å². The maximum absolute atomic E-state index is 13.0. The summed E-state index contributed by atoms with van der Waals surface area (Å²) < 4.78 is 30.7. The Morgan fingerprint density at radius 2 is 1.75 bits per heavy atom. The van der Waals surface area contributed by atoms with E-state index in [1.165, 1.54) is 7.11 Å². The zero-order valence-corrected chi connectivity index (χ0v) is 11.6. The van der Waals surface area contributed by atoms with Crippen LogP contribution in [0.5, 0.6) is 0 Å². The van der Waals surface area contributed by atoms with E-state index in [4.69, 9.17) is 0 Å². The van der Waals surface area contributed by atoms with Gasteiger partial charge >= 0.3 is 5.97 Å². The van der Waals surface area contributed by atoms with Gasteiger partial charge in [0.2, 0.25) is 0 Å². The molecular weight excluding hydrogens is 268 g/mol. The monoisotopic (exact) mass is 285 g/mol. The van der Waals surface area contributed by atoms with E-state index in [-0.39, 0.29) is 11.5 Å². The minimum absolute atomic E-state index is 0.142. The SMILES string of the molecule is COC(=O)[C@@H](CC(C)C)NC(=O)c1cc(F)cc(F)c1. The topological polar surface area (TPSA) is 55.4 Å². The van der Waals surface area contributed by atoms with Crippen molar-refractivity contribution in [1.82, 2.24) is 5.32 Å². The molecule has 1 amide bonds. The molecule has 0 radical (unpaired) electrons. The van der Waals surface area contributed by atoms with Gasteiger partial charge in [0.15, 0.2) is 0 Å². The van der Waals surface area contributed by atoms with Crippen molar-refractivity contribution in [2.45, 2.75) is 26.3 Å². The first-order chi connectivity index (χ1) is 9.33. The number of amides is 1. The van der Waals surface area contributed by atoms with E-state index in [0.717, 1.165) is 12.1 Å². The molecule has 1 atom stereocenters. The van der Waals surface area contributed by atoms with Gasteiger partial charge in [-0.3, -0.25) is 4.79 Å². The van der Waals surface area contributed by atoms with Crippen LogP contribution in [0.4, 0.5) is 8.78 Å². The molecule has 1 aromatic rings. The molecular formula is C14H17F2NO3. The van der Waals surface area contributed by atoms with Gasteiger partial charge in [-0.15, -0.1) is 0 Å². The zero-order valence-electron chi connectivity index (χ0n) is 11.6. The average molecular weight is 285 g/mol.